The maximum Gasteiger partial charge on any atom is 0.231 e. The second-order valence-corrected chi connectivity index (χ2v) is 5.68. The van der Waals surface area contributed by atoms with Gasteiger partial charge in [0.2, 0.25) is 6.79 Å². The molecule has 0 saturated carbocycles. The zero-order chi connectivity index (χ0) is 13.9. The van der Waals surface area contributed by atoms with Gasteiger partial charge in [-0.3, -0.25) is 0 Å². The Balaban J connectivity index is 1.70. The summed E-state index contributed by atoms with van der Waals surface area (Å²) in [4.78, 5) is 1.25. The molecule has 1 N–H and O–H groups in total. The number of nitrogens with one attached hydrogen (secondary N) is 1. The van der Waals surface area contributed by atoms with Crippen molar-refractivity contribution in [2.45, 2.75) is 11.4 Å². The molecule has 1 aliphatic heterocycles. The van der Waals surface area contributed by atoms with Crippen LogP contribution in [0.1, 0.15) is 5.56 Å². The van der Waals surface area contributed by atoms with Gasteiger partial charge in [-0.2, -0.15) is 0 Å². The molecule has 0 atom stereocenters. The van der Waals surface area contributed by atoms with E-state index in [1.807, 2.05) is 12.1 Å². The molecule has 0 bridgehead atoms. The van der Waals surface area contributed by atoms with E-state index in [1.165, 1.54) is 4.90 Å². The molecular formula is C15H14ClNO2S. The Morgan fingerprint density at radius 1 is 1.20 bits per heavy atom. The molecule has 2 aromatic rings. The average molecular weight is 308 g/mol. The van der Waals surface area contributed by atoms with Crippen molar-refractivity contribution in [3.05, 3.63) is 47.0 Å². The van der Waals surface area contributed by atoms with Crippen LogP contribution in [0.25, 0.3) is 0 Å². The Kier molecular flexibility index (Phi) is 3.94. The van der Waals surface area contributed by atoms with Crippen molar-refractivity contribution in [3.63, 3.8) is 0 Å². The number of anilines is 1. The second-order valence-electron chi connectivity index (χ2n) is 4.39. The second kappa shape index (κ2) is 5.85. The number of fused-ring (bicyclic) bond motifs is 1. The highest BCUT2D eigenvalue weighted by atomic mass is 35.5. The maximum absolute atomic E-state index is 6.16. The van der Waals surface area contributed by atoms with E-state index >= 15 is 0 Å². The highest BCUT2D eigenvalue weighted by Crippen LogP contribution is 2.39. The van der Waals surface area contributed by atoms with Crippen LogP contribution in [0.15, 0.2) is 41.3 Å². The normalized spacial score (nSPS) is 12.5. The van der Waals surface area contributed by atoms with E-state index in [2.05, 4.69) is 35.8 Å². The van der Waals surface area contributed by atoms with Gasteiger partial charge in [0.1, 0.15) is 0 Å². The molecule has 5 heteroatoms. The van der Waals surface area contributed by atoms with Crippen molar-refractivity contribution in [1.29, 1.82) is 0 Å². The van der Waals surface area contributed by atoms with Crippen molar-refractivity contribution in [1.82, 2.24) is 0 Å². The fraction of sp³-hybridized carbons (Fsp3) is 0.200. The number of benzene rings is 2. The van der Waals surface area contributed by atoms with Crippen LogP contribution in [0, 0.1) is 0 Å². The summed E-state index contributed by atoms with van der Waals surface area (Å²) in [7, 11) is 0. The lowest BCUT2D eigenvalue weighted by Gasteiger charge is -2.09. The van der Waals surface area contributed by atoms with E-state index < -0.39 is 0 Å². The van der Waals surface area contributed by atoms with E-state index in [4.69, 9.17) is 21.1 Å². The molecule has 0 aliphatic carbocycles. The van der Waals surface area contributed by atoms with Gasteiger partial charge in [-0.25, -0.2) is 0 Å². The molecule has 0 radical (unpaired) electrons. The molecule has 3 rings (SSSR count). The van der Waals surface area contributed by atoms with Crippen LogP contribution in [0.4, 0.5) is 5.69 Å². The Labute approximate surface area is 127 Å². The van der Waals surface area contributed by atoms with Crippen LogP contribution in [0.5, 0.6) is 11.5 Å². The predicted molar refractivity (Wildman–Crippen MR) is 83.1 cm³/mol. The Hall–Kier alpha value is -1.52. The van der Waals surface area contributed by atoms with Crippen LogP contribution in [-0.2, 0) is 6.54 Å². The average Bonchev–Trinajstić information content (AvgIpc) is 2.94. The van der Waals surface area contributed by atoms with E-state index in [-0.39, 0.29) is 6.79 Å². The first kappa shape index (κ1) is 13.5. The third kappa shape index (κ3) is 2.81. The zero-order valence-electron chi connectivity index (χ0n) is 11.0. The van der Waals surface area contributed by atoms with Crippen molar-refractivity contribution in [2.24, 2.45) is 0 Å². The van der Waals surface area contributed by atoms with Crippen LogP contribution >= 0.6 is 23.4 Å². The molecule has 104 valence electrons. The molecule has 1 heterocycles. The van der Waals surface area contributed by atoms with Gasteiger partial charge in [-0.05, 0) is 48.2 Å². The summed E-state index contributed by atoms with van der Waals surface area (Å²) < 4.78 is 10.7. The third-order valence-electron chi connectivity index (χ3n) is 3.07. The lowest BCUT2D eigenvalue weighted by Crippen LogP contribution is -1.99. The first-order valence-electron chi connectivity index (χ1n) is 6.22. The minimum atomic E-state index is 0.238. The summed E-state index contributed by atoms with van der Waals surface area (Å²) in [6.45, 7) is 0.928. The van der Waals surface area contributed by atoms with Crippen LogP contribution < -0.4 is 14.8 Å². The Morgan fingerprint density at radius 3 is 2.75 bits per heavy atom. The first-order chi connectivity index (χ1) is 9.76. The number of halogens is 1. The predicted octanol–water partition coefficient (Wildman–Crippen LogP) is 4.40. The lowest BCUT2D eigenvalue weighted by molar-refractivity contribution is 0.174. The van der Waals surface area contributed by atoms with Gasteiger partial charge in [0.15, 0.2) is 11.5 Å². The fourth-order valence-electron chi connectivity index (χ4n) is 2.04. The number of ether oxygens (including phenoxy) is 2. The highest BCUT2D eigenvalue weighted by molar-refractivity contribution is 7.98. The quantitative estimate of drug-likeness (QED) is 0.848. The topological polar surface area (TPSA) is 30.5 Å². The minimum Gasteiger partial charge on any atom is -0.454 e. The maximum atomic E-state index is 6.16. The highest BCUT2D eigenvalue weighted by Gasteiger charge is 2.18. The summed E-state index contributed by atoms with van der Waals surface area (Å²) in [5.74, 6) is 1.35. The number of thioether (sulfide) groups is 1. The van der Waals surface area contributed by atoms with Gasteiger partial charge < -0.3 is 14.8 Å². The smallest absolute Gasteiger partial charge is 0.231 e. The van der Waals surface area contributed by atoms with Crippen molar-refractivity contribution < 1.29 is 9.47 Å². The van der Waals surface area contributed by atoms with Crippen molar-refractivity contribution >= 4 is 29.1 Å². The fourth-order valence-corrected chi connectivity index (χ4v) is 2.73. The molecule has 3 nitrogen and oxygen atoms in total. The molecular weight excluding hydrogens is 294 g/mol. The zero-order valence-corrected chi connectivity index (χ0v) is 12.6. The summed E-state index contributed by atoms with van der Waals surface area (Å²) in [6, 6.07) is 12.2. The molecule has 0 aromatic heterocycles. The van der Waals surface area contributed by atoms with Crippen LogP contribution in [0.3, 0.4) is 0 Å². The minimum absolute atomic E-state index is 0.238. The van der Waals surface area contributed by atoms with Gasteiger partial charge in [-0.15, -0.1) is 11.8 Å². The van der Waals surface area contributed by atoms with Crippen LogP contribution in [-0.4, -0.2) is 13.0 Å². The summed E-state index contributed by atoms with van der Waals surface area (Å²) >= 11 is 7.89. The summed E-state index contributed by atoms with van der Waals surface area (Å²) in [5.41, 5.74) is 2.14. The molecule has 1 aliphatic rings. The standard InChI is InChI=1S/C15H14ClNO2S/c1-20-12-4-2-11(3-5-12)17-8-10-6-13(16)15-14(7-10)18-9-19-15/h2-7,17H,8-9H2,1H3. The molecule has 20 heavy (non-hydrogen) atoms. The van der Waals surface area contributed by atoms with E-state index in [9.17, 15) is 0 Å². The molecule has 2 aromatic carbocycles. The summed E-state index contributed by atoms with van der Waals surface area (Å²) in [5, 5.41) is 3.96. The number of hydrogen-bond donors (Lipinski definition) is 1. The van der Waals surface area contributed by atoms with Gasteiger partial charge in [0.05, 0.1) is 5.02 Å². The lowest BCUT2D eigenvalue weighted by atomic mass is 10.2. The van der Waals surface area contributed by atoms with E-state index in [0.29, 0.717) is 23.1 Å². The monoisotopic (exact) mass is 307 g/mol. The van der Waals surface area contributed by atoms with Crippen LogP contribution in [0.2, 0.25) is 5.02 Å². The molecule has 0 spiro atoms. The largest absolute Gasteiger partial charge is 0.454 e. The van der Waals surface area contributed by atoms with E-state index in [0.717, 1.165) is 11.3 Å². The third-order valence-corrected chi connectivity index (χ3v) is 4.10. The number of hydrogen-bond acceptors (Lipinski definition) is 4. The Bertz CT molecular complexity index is 616. The first-order valence-corrected chi connectivity index (χ1v) is 7.82. The van der Waals surface area contributed by atoms with Gasteiger partial charge in [0.25, 0.3) is 0 Å². The summed E-state index contributed by atoms with van der Waals surface area (Å²) in [6.07, 6.45) is 2.07. The van der Waals surface area contributed by atoms with Gasteiger partial charge >= 0.3 is 0 Å². The van der Waals surface area contributed by atoms with E-state index in [1.54, 1.807) is 11.8 Å². The molecule has 0 unspecified atom stereocenters. The molecule has 0 amide bonds. The molecule has 0 fully saturated rings. The van der Waals surface area contributed by atoms with Crippen molar-refractivity contribution in [3.8, 4) is 11.5 Å². The Morgan fingerprint density at radius 2 is 2.00 bits per heavy atom. The molecule has 0 saturated heterocycles. The SMILES string of the molecule is CSc1ccc(NCc2cc(Cl)c3c(c2)OCO3)cc1. The van der Waals surface area contributed by atoms with Crippen molar-refractivity contribution in [2.75, 3.05) is 18.4 Å². The van der Waals surface area contributed by atoms with Gasteiger partial charge in [0, 0.05) is 17.1 Å². The van der Waals surface area contributed by atoms with Gasteiger partial charge in [-0.1, -0.05) is 11.6 Å². The number of rotatable bonds is 4.